The van der Waals surface area contributed by atoms with Gasteiger partial charge in [-0.25, -0.2) is 4.39 Å². The largest absolute Gasteiger partial charge is 0.573 e. The maximum atomic E-state index is 15.5. The van der Waals surface area contributed by atoms with Crippen molar-refractivity contribution in [2.45, 2.75) is 18.5 Å². The van der Waals surface area contributed by atoms with Gasteiger partial charge in [0.1, 0.15) is 17.0 Å². The zero-order chi connectivity index (χ0) is 31.8. The molecule has 2 aromatic carbocycles. The summed E-state index contributed by atoms with van der Waals surface area (Å²) < 4.78 is 80.9. The molecule has 0 atom stereocenters. The summed E-state index contributed by atoms with van der Waals surface area (Å²) in [6.45, 7) is 0. The second kappa shape index (κ2) is 11.5. The highest BCUT2D eigenvalue weighted by molar-refractivity contribution is 6.32. The lowest BCUT2D eigenvalue weighted by Gasteiger charge is -2.23. The lowest BCUT2D eigenvalue weighted by molar-refractivity contribution is -0.420. The number of ether oxygens (including phenoxy) is 3. The number of anilines is 1. The van der Waals surface area contributed by atoms with Gasteiger partial charge in [-0.05, 0) is 24.3 Å². The predicted octanol–water partition coefficient (Wildman–Crippen LogP) is 1.11. The summed E-state index contributed by atoms with van der Waals surface area (Å²) in [5.41, 5.74) is 1.61. The number of hydrogen-bond donors (Lipinski definition) is 8. The van der Waals surface area contributed by atoms with E-state index in [-0.39, 0.29) is 17.4 Å². The molecule has 0 aliphatic carbocycles. The van der Waals surface area contributed by atoms with Crippen LogP contribution < -0.4 is 25.3 Å². The Balaban J connectivity index is 2.21. The van der Waals surface area contributed by atoms with Crippen LogP contribution in [0.1, 0.15) is 26.4 Å². The van der Waals surface area contributed by atoms with Crippen molar-refractivity contribution in [2.24, 2.45) is 5.73 Å². The summed E-state index contributed by atoms with van der Waals surface area (Å²) in [5.74, 6) is -16.3. The molecule has 0 saturated heterocycles. The molecule has 1 heterocycles. The molecular weight excluding hydrogens is 613 g/mol. The number of halogens is 6. The Morgan fingerprint density at radius 2 is 1.52 bits per heavy atom. The fourth-order valence-electron chi connectivity index (χ4n) is 3.19. The van der Waals surface area contributed by atoms with Crippen LogP contribution in [0.25, 0.3) is 0 Å². The van der Waals surface area contributed by atoms with E-state index in [1.807, 2.05) is 0 Å². The van der Waals surface area contributed by atoms with Gasteiger partial charge in [0.15, 0.2) is 17.3 Å². The zero-order valence-electron chi connectivity index (χ0n) is 20.0. The maximum absolute atomic E-state index is 15.5. The highest BCUT2D eigenvalue weighted by Gasteiger charge is 2.38. The van der Waals surface area contributed by atoms with E-state index in [0.717, 1.165) is 18.3 Å². The number of hydrogen-bond acceptors (Lipinski definition) is 12. The average Bonchev–Trinajstić information content (AvgIpc) is 2.80. The van der Waals surface area contributed by atoms with Gasteiger partial charge in [-0.2, -0.15) is 4.39 Å². The van der Waals surface area contributed by atoms with Crippen molar-refractivity contribution in [3.8, 4) is 23.0 Å². The first-order chi connectivity index (χ1) is 19.2. The molecule has 14 nitrogen and oxygen atoms in total. The van der Waals surface area contributed by atoms with E-state index in [9.17, 15) is 42.5 Å². The standard InChI is InChI=1S/C22H15ClF5N3O11/c23-8-6-12(40-11-2-1-10(41-21(26,27)28)15(24)17(11)42-22(37,38)39)13(16(25)14(8)20(34,35)36)19(33)31-7-3-4-30-9(5-7)18(29)32/h1-6,34-39H,(H2,29,32)(H,30,31,33). The van der Waals surface area contributed by atoms with Crippen LogP contribution in [0, 0.1) is 11.6 Å². The Morgan fingerprint density at radius 1 is 0.905 bits per heavy atom. The van der Waals surface area contributed by atoms with Gasteiger partial charge in [-0.1, -0.05) is 11.6 Å². The summed E-state index contributed by atoms with van der Waals surface area (Å²) in [4.78, 5) is 28.1. The van der Waals surface area contributed by atoms with Crippen molar-refractivity contribution >= 4 is 29.1 Å². The number of rotatable bonds is 9. The van der Waals surface area contributed by atoms with Gasteiger partial charge in [0.05, 0.1) is 10.6 Å². The maximum Gasteiger partial charge on any atom is 0.573 e. The molecule has 0 fully saturated rings. The summed E-state index contributed by atoms with van der Waals surface area (Å²) in [7, 11) is 0. The first-order valence-electron chi connectivity index (χ1n) is 10.6. The number of nitrogens with one attached hydrogen (secondary N) is 1. The van der Waals surface area contributed by atoms with Crippen LogP contribution in [-0.4, -0.2) is 60.0 Å². The quantitative estimate of drug-likeness (QED) is 0.123. The molecule has 2 amide bonds. The van der Waals surface area contributed by atoms with Crippen LogP contribution in [0.2, 0.25) is 5.02 Å². The van der Waals surface area contributed by atoms with E-state index in [1.54, 1.807) is 0 Å². The number of carbonyl (C=O) groups excluding carboxylic acids is 2. The van der Waals surface area contributed by atoms with Gasteiger partial charge in [0.25, 0.3) is 11.8 Å². The van der Waals surface area contributed by atoms with Crippen molar-refractivity contribution in [3.05, 3.63) is 70.0 Å². The predicted molar refractivity (Wildman–Crippen MR) is 124 cm³/mol. The molecular formula is C22H15ClF5N3O11. The molecule has 0 radical (unpaired) electrons. The Morgan fingerprint density at radius 3 is 2.07 bits per heavy atom. The lowest BCUT2D eigenvalue weighted by atomic mass is 10.0. The Bertz CT molecular complexity index is 1540. The van der Waals surface area contributed by atoms with Crippen LogP contribution in [-0.2, 0) is 5.97 Å². The number of pyridine rings is 1. The minimum atomic E-state index is -5.47. The minimum absolute atomic E-state index is 0.261. The van der Waals surface area contributed by atoms with Crippen molar-refractivity contribution in [1.82, 2.24) is 4.98 Å². The first-order valence-corrected chi connectivity index (χ1v) is 10.9. The monoisotopic (exact) mass is 627 g/mol. The number of nitrogens with zero attached hydrogens (tertiary/aromatic N) is 1. The van der Waals surface area contributed by atoms with Crippen LogP contribution in [0.15, 0.2) is 36.5 Å². The van der Waals surface area contributed by atoms with Crippen molar-refractivity contribution < 1.29 is 76.4 Å². The van der Waals surface area contributed by atoms with Gasteiger partial charge in [0, 0.05) is 18.0 Å². The van der Waals surface area contributed by atoms with E-state index >= 15 is 4.39 Å². The zero-order valence-corrected chi connectivity index (χ0v) is 20.7. The molecule has 226 valence electrons. The van der Waals surface area contributed by atoms with E-state index < -0.39 is 81.1 Å². The molecule has 0 unspecified atom stereocenters. The van der Waals surface area contributed by atoms with Gasteiger partial charge in [-0.15, -0.1) is 13.2 Å². The lowest BCUT2D eigenvalue weighted by Crippen LogP contribution is -2.35. The molecule has 9 N–H and O–H groups in total. The van der Waals surface area contributed by atoms with Gasteiger partial charge in [-0.3, -0.25) is 14.6 Å². The summed E-state index contributed by atoms with van der Waals surface area (Å²) in [6, 6.07) is 3.14. The highest BCUT2D eigenvalue weighted by Crippen LogP contribution is 2.44. The molecule has 0 aliphatic rings. The van der Waals surface area contributed by atoms with E-state index in [4.69, 9.17) is 37.4 Å². The SMILES string of the molecule is NC(=O)c1cc(NC(=O)c2c(Oc3ccc(OC(F)(F)F)c(F)c3OC(O)(O)O)cc(Cl)c(C(O)(O)O)c2F)ccn1. The number of aliphatic hydroxyl groups is 6. The van der Waals surface area contributed by atoms with Crippen molar-refractivity contribution in [2.75, 3.05) is 5.32 Å². The first kappa shape index (κ1) is 32.1. The number of alkyl halides is 3. The summed E-state index contributed by atoms with van der Waals surface area (Å²) in [6.07, 6.45) is -8.72. The molecule has 3 aromatic rings. The smallest absolute Gasteiger partial charge is 0.452 e. The molecule has 0 spiro atoms. The number of primary amides is 1. The van der Waals surface area contributed by atoms with Gasteiger partial charge < -0.3 is 55.9 Å². The summed E-state index contributed by atoms with van der Waals surface area (Å²) in [5, 5.41) is 57.0. The average molecular weight is 628 g/mol. The molecule has 0 bridgehead atoms. The third kappa shape index (κ3) is 7.67. The molecule has 42 heavy (non-hydrogen) atoms. The van der Waals surface area contributed by atoms with E-state index in [2.05, 4.69) is 19.8 Å². The number of carbonyl (C=O) groups is 2. The fraction of sp³-hybridized carbons (Fsp3) is 0.136. The second-order valence-electron chi connectivity index (χ2n) is 7.83. The third-order valence-corrected chi connectivity index (χ3v) is 5.02. The molecule has 0 aliphatic heterocycles. The van der Waals surface area contributed by atoms with Crippen molar-refractivity contribution in [1.29, 1.82) is 0 Å². The topological polar surface area (TPSA) is 234 Å². The van der Waals surface area contributed by atoms with E-state index in [1.165, 1.54) is 0 Å². The van der Waals surface area contributed by atoms with E-state index in [0.29, 0.717) is 12.1 Å². The second-order valence-corrected chi connectivity index (χ2v) is 8.24. The minimum Gasteiger partial charge on any atom is -0.452 e. The Hall–Kier alpha value is -4.37. The normalized spacial score (nSPS) is 12.1. The van der Waals surface area contributed by atoms with Crippen LogP contribution in [0.5, 0.6) is 23.0 Å². The number of amides is 2. The summed E-state index contributed by atoms with van der Waals surface area (Å²) >= 11 is 5.79. The molecule has 3 rings (SSSR count). The van der Waals surface area contributed by atoms with Gasteiger partial charge in [0.2, 0.25) is 11.6 Å². The Kier molecular flexibility index (Phi) is 8.79. The third-order valence-electron chi connectivity index (χ3n) is 4.72. The molecule has 20 heteroatoms. The van der Waals surface area contributed by atoms with Crippen LogP contribution in [0.4, 0.5) is 27.6 Å². The van der Waals surface area contributed by atoms with Crippen molar-refractivity contribution in [3.63, 3.8) is 0 Å². The number of benzene rings is 2. The van der Waals surface area contributed by atoms with Crippen LogP contribution in [0.3, 0.4) is 0 Å². The highest BCUT2D eigenvalue weighted by atomic mass is 35.5. The number of aromatic nitrogens is 1. The molecule has 0 saturated carbocycles. The van der Waals surface area contributed by atoms with Gasteiger partial charge >= 0.3 is 18.5 Å². The Labute approximate surface area is 233 Å². The number of nitrogens with two attached hydrogens (primary N) is 1. The van der Waals surface area contributed by atoms with Crippen LogP contribution >= 0.6 is 11.6 Å². The fourth-order valence-corrected chi connectivity index (χ4v) is 3.50. The molecule has 1 aromatic heterocycles.